The SMILES string of the molecule is CCCCNC(=O)[C@@H](C)N(Cc1cccc(OC)c1)C(=O)CN(c1ccc(Cl)c(Cl)c1)S(=O)(=O)c1ccc(C)cc1. The van der Waals surface area contributed by atoms with Gasteiger partial charge in [-0.15, -0.1) is 0 Å². The van der Waals surface area contributed by atoms with Crippen molar-refractivity contribution in [1.82, 2.24) is 10.2 Å². The minimum absolute atomic E-state index is 0.00618. The van der Waals surface area contributed by atoms with E-state index in [2.05, 4.69) is 5.32 Å². The number of hydrogen-bond acceptors (Lipinski definition) is 5. The molecule has 0 radical (unpaired) electrons. The maximum absolute atomic E-state index is 14.0. The Morgan fingerprint density at radius 2 is 1.71 bits per heavy atom. The lowest BCUT2D eigenvalue weighted by atomic mass is 10.1. The summed E-state index contributed by atoms with van der Waals surface area (Å²) in [5, 5.41) is 3.24. The number of nitrogens with one attached hydrogen (secondary N) is 1. The highest BCUT2D eigenvalue weighted by Crippen LogP contribution is 2.31. The number of methoxy groups -OCH3 is 1. The highest BCUT2D eigenvalue weighted by Gasteiger charge is 2.32. The molecule has 0 aliphatic carbocycles. The molecule has 3 aromatic rings. The number of anilines is 1. The number of rotatable bonds is 13. The molecule has 0 unspecified atom stereocenters. The van der Waals surface area contributed by atoms with Gasteiger partial charge in [0.15, 0.2) is 0 Å². The zero-order valence-electron chi connectivity index (χ0n) is 23.6. The number of sulfonamides is 1. The molecule has 2 amide bonds. The Morgan fingerprint density at radius 1 is 1.00 bits per heavy atom. The lowest BCUT2D eigenvalue weighted by Gasteiger charge is -2.32. The second-order valence-electron chi connectivity index (χ2n) is 9.62. The standard InChI is InChI=1S/C30H35Cl2N3O5S/c1-5-6-16-33-30(37)22(3)34(19-23-8-7-9-25(17-23)40-4)29(36)20-35(24-12-15-27(31)28(32)18-24)41(38,39)26-13-10-21(2)11-14-26/h7-15,17-18,22H,5-6,16,19-20H2,1-4H3,(H,33,37)/t22-/m1/s1. The number of halogens is 2. The molecule has 3 aromatic carbocycles. The van der Waals surface area contributed by atoms with E-state index in [-0.39, 0.29) is 33.1 Å². The Labute approximate surface area is 252 Å². The fourth-order valence-corrected chi connectivity index (χ4v) is 5.79. The minimum atomic E-state index is -4.21. The van der Waals surface area contributed by atoms with Crippen LogP contribution in [0.4, 0.5) is 5.69 Å². The van der Waals surface area contributed by atoms with Crippen molar-refractivity contribution >= 4 is 50.7 Å². The largest absolute Gasteiger partial charge is 0.497 e. The summed E-state index contributed by atoms with van der Waals surface area (Å²) in [6, 6.07) is 16.9. The fourth-order valence-electron chi connectivity index (χ4n) is 4.09. The van der Waals surface area contributed by atoms with Gasteiger partial charge in [-0.25, -0.2) is 8.42 Å². The van der Waals surface area contributed by atoms with Crippen LogP contribution in [0, 0.1) is 6.92 Å². The molecule has 0 saturated carbocycles. The van der Waals surface area contributed by atoms with Gasteiger partial charge < -0.3 is 15.0 Å². The van der Waals surface area contributed by atoms with E-state index < -0.39 is 28.5 Å². The first kappa shape index (κ1) is 32.2. The minimum Gasteiger partial charge on any atom is -0.497 e. The molecule has 8 nitrogen and oxygen atoms in total. The van der Waals surface area contributed by atoms with Crippen molar-refractivity contribution in [2.45, 2.75) is 51.1 Å². The molecule has 1 N–H and O–H groups in total. The third-order valence-electron chi connectivity index (χ3n) is 6.56. The molecular weight excluding hydrogens is 585 g/mol. The summed E-state index contributed by atoms with van der Waals surface area (Å²) in [6.07, 6.45) is 1.69. The van der Waals surface area contributed by atoms with Crippen LogP contribution in [-0.4, -0.2) is 51.4 Å². The molecule has 11 heteroatoms. The average Bonchev–Trinajstić information content (AvgIpc) is 2.96. The van der Waals surface area contributed by atoms with Gasteiger partial charge >= 0.3 is 0 Å². The Morgan fingerprint density at radius 3 is 2.34 bits per heavy atom. The molecule has 0 spiro atoms. The van der Waals surface area contributed by atoms with Gasteiger partial charge in [0.2, 0.25) is 11.8 Å². The van der Waals surface area contributed by atoms with Crippen LogP contribution in [0.15, 0.2) is 71.6 Å². The van der Waals surface area contributed by atoms with E-state index in [4.69, 9.17) is 27.9 Å². The third kappa shape index (κ3) is 8.38. The van der Waals surface area contributed by atoms with Crippen molar-refractivity contribution in [2.75, 3.05) is 24.5 Å². The van der Waals surface area contributed by atoms with Gasteiger partial charge in [-0.1, -0.05) is 66.4 Å². The molecule has 0 aliphatic rings. The first-order valence-corrected chi connectivity index (χ1v) is 15.4. The molecular formula is C30H35Cl2N3O5S. The van der Waals surface area contributed by atoms with Crippen LogP contribution in [0.5, 0.6) is 5.75 Å². The number of carbonyl (C=O) groups is 2. The smallest absolute Gasteiger partial charge is 0.264 e. The zero-order valence-corrected chi connectivity index (χ0v) is 25.9. The average molecular weight is 621 g/mol. The normalized spacial score (nSPS) is 12.0. The second kappa shape index (κ2) is 14.6. The zero-order chi connectivity index (χ0) is 30.2. The van der Waals surface area contributed by atoms with E-state index in [1.807, 2.05) is 19.9 Å². The van der Waals surface area contributed by atoms with Crippen molar-refractivity contribution in [2.24, 2.45) is 0 Å². The molecule has 1 atom stereocenters. The summed E-state index contributed by atoms with van der Waals surface area (Å²) >= 11 is 12.4. The van der Waals surface area contributed by atoms with Crippen LogP contribution in [0.3, 0.4) is 0 Å². The summed E-state index contributed by atoms with van der Waals surface area (Å²) in [7, 11) is -2.67. The number of benzene rings is 3. The van der Waals surface area contributed by atoms with Crippen molar-refractivity contribution < 1.29 is 22.7 Å². The lowest BCUT2D eigenvalue weighted by molar-refractivity contribution is -0.139. The van der Waals surface area contributed by atoms with E-state index in [1.165, 1.54) is 42.3 Å². The Kier molecular flexibility index (Phi) is 11.5. The summed E-state index contributed by atoms with van der Waals surface area (Å²) in [4.78, 5) is 28.4. The van der Waals surface area contributed by atoms with Crippen LogP contribution in [0.2, 0.25) is 10.0 Å². The molecule has 220 valence electrons. The topological polar surface area (TPSA) is 96.0 Å². The molecule has 0 heterocycles. The number of aryl methyl sites for hydroxylation is 1. The Balaban J connectivity index is 2.03. The molecule has 0 bridgehead atoms. The van der Waals surface area contributed by atoms with E-state index in [0.29, 0.717) is 17.9 Å². The van der Waals surface area contributed by atoms with Crippen molar-refractivity contribution in [1.29, 1.82) is 0 Å². The molecule has 0 fully saturated rings. The predicted octanol–water partition coefficient (Wildman–Crippen LogP) is 5.84. The number of ether oxygens (including phenoxy) is 1. The summed E-state index contributed by atoms with van der Waals surface area (Å²) in [6.45, 7) is 5.43. The first-order chi connectivity index (χ1) is 19.5. The van der Waals surface area contributed by atoms with Gasteiger partial charge in [-0.3, -0.25) is 13.9 Å². The summed E-state index contributed by atoms with van der Waals surface area (Å²) in [5.74, 6) is -0.320. The van der Waals surface area contributed by atoms with Gasteiger partial charge in [-0.2, -0.15) is 0 Å². The van der Waals surface area contributed by atoms with Crippen LogP contribution in [0.1, 0.15) is 37.8 Å². The van der Waals surface area contributed by atoms with Crippen molar-refractivity contribution in [3.05, 3.63) is 87.9 Å². The molecule has 0 aromatic heterocycles. The van der Waals surface area contributed by atoms with Gasteiger partial charge in [-0.05, 0) is 68.3 Å². The first-order valence-electron chi connectivity index (χ1n) is 13.2. The second-order valence-corrected chi connectivity index (χ2v) is 12.3. The third-order valence-corrected chi connectivity index (χ3v) is 9.09. The Hall–Kier alpha value is -3.27. The quantitative estimate of drug-likeness (QED) is 0.243. The van der Waals surface area contributed by atoms with Gasteiger partial charge in [0.25, 0.3) is 10.0 Å². The summed E-state index contributed by atoms with van der Waals surface area (Å²) < 4.78 is 34.1. The number of carbonyl (C=O) groups excluding carboxylic acids is 2. The van der Waals surface area contributed by atoms with Gasteiger partial charge in [0, 0.05) is 13.1 Å². The maximum Gasteiger partial charge on any atom is 0.264 e. The maximum atomic E-state index is 14.0. The number of amides is 2. The van der Waals surface area contributed by atoms with Crippen molar-refractivity contribution in [3.63, 3.8) is 0 Å². The number of nitrogens with zero attached hydrogens (tertiary/aromatic N) is 2. The monoisotopic (exact) mass is 619 g/mol. The van der Waals surface area contributed by atoms with Crippen molar-refractivity contribution in [3.8, 4) is 5.75 Å². The van der Waals surface area contributed by atoms with Crippen LogP contribution in [0.25, 0.3) is 0 Å². The summed E-state index contributed by atoms with van der Waals surface area (Å²) in [5.41, 5.74) is 1.76. The van der Waals surface area contributed by atoms with E-state index in [9.17, 15) is 18.0 Å². The number of unbranched alkanes of at least 4 members (excludes halogenated alkanes) is 1. The Bertz CT molecular complexity index is 1470. The molecule has 3 rings (SSSR count). The lowest BCUT2D eigenvalue weighted by Crippen LogP contribution is -2.51. The molecule has 0 saturated heterocycles. The predicted molar refractivity (Wildman–Crippen MR) is 163 cm³/mol. The van der Waals surface area contributed by atoms with E-state index >= 15 is 0 Å². The molecule has 41 heavy (non-hydrogen) atoms. The van der Waals surface area contributed by atoms with Gasteiger partial charge in [0.1, 0.15) is 18.3 Å². The highest BCUT2D eigenvalue weighted by atomic mass is 35.5. The van der Waals surface area contributed by atoms with Crippen LogP contribution < -0.4 is 14.4 Å². The highest BCUT2D eigenvalue weighted by molar-refractivity contribution is 7.92. The number of hydrogen-bond donors (Lipinski definition) is 1. The van der Waals surface area contributed by atoms with Gasteiger partial charge in [0.05, 0.1) is 27.7 Å². The van der Waals surface area contributed by atoms with E-state index in [0.717, 1.165) is 22.7 Å². The molecule has 0 aliphatic heterocycles. The van der Waals surface area contributed by atoms with Crippen LogP contribution >= 0.6 is 23.2 Å². The van der Waals surface area contributed by atoms with Crippen LogP contribution in [-0.2, 0) is 26.2 Å². The fraction of sp³-hybridized carbons (Fsp3) is 0.333. The van der Waals surface area contributed by atoms with E-state index in [1.54, 1.807) is 37.3 Å².